The average Bonchev–Trinajstić information content (AvgIpc) is 2.68. The van der Waals surface area contributed by atoms with Gasteiger partial charge in [0.05, 0.1) is 18.2 Å². The normalized spacial score (nSPS) is 26.2. The maximum absolute atomic E-state index is 13.2. The first-order valence-electron chi connectivity index (χ1n) is 8.97. The Hall–Kier alpha value is -1.92. The van der Waals surface area contributed by atoms with Gasteiger partial charge in [-0.2, -0.15) is 0 Å². The topological polar surface area (TPSA) is 67.9 Å². The number of nitrogens with one attached hydrogen (secondary N) is 1. The molecule has 3 rings (SSSR count). The molecule has 6 nitrogen and oxygen atoms in total. The lowest BCUT2D eigenvalue weighted by Crippen LogP contribution is -2.59. The fourth-order valence-electron chi connectivity index (χ4n) is 3.58. The molecule has 0 saturated carbocycles. The zero-order valence-electron chi connectivity index (χ0n) is 14.9. The van der Waals surface area contributed by atoms with Crippen molar-refractivity contribution in [2.24, 2.45) is 0 Å². The molecular weight excluding hydrogens is 320 g/mol. The second-order valence-electron chi connectivity index (χ2n) is 6.69. The number of morpholine rings is 2. The van der Waals surface area contributed by atoms with E-state index in [1.165, 1.54) is 0 Å². The molecule has 2 heterocycles. The minimum atomic E-state index is -0.704. The van der Waals surface area contributed by atoms with Crippen molar-refractivity contribution in [3.8, 4) is 0 Å². The molecular formula is C19H26N2O4. The van der Waals surface area contributed by atoms with E-state index in [1.54, 1.807) is 0 Å². The predicted octanol–water partition coefficient (Wildman–Crippen LogP) is 1.66. The van der Waals surface area contributed by atoms with Crippen molar-refractivity contribution >= 4 is 11.8 Å². The van der Waals surface area contributed by atoms with Crippen LogP contribution in [-0.4, -0.2) is 54.7 Å². The van der Waals surface area contributed by atoms with Crippen LogP contribution in [0.2, 0.25) is 0 Å². The molecule has 2 amide bonds. The van der Waals surface area contributed by atoms with Crippen LogP contribution < -0.4 is 5.32 Å². The highest BCUT2D eigenvalue weighted by atomic mass is 16.5. The quantitative estimate of drug-likeness (QED) is 0.900. The Bertz CT molecular complexity index is 615. The summed E-state index contributed by atoms with van der Waals surface area (Å²) in [6.07, 6.45) is 1.01. The number of carbonyl (C=O) groups excluding carboxylic acids is 2. The van der Waals surface area contributed by atoms with Crippen LogP contribution in [0, 0.1) is 0 Å². The molecule has 136 valence electrons. The summed E-state index contributed by atoms with van der Waals surface area (Å²) >= 11 is 0. The first-order chi connectivity index (χ1) is 12.1. The highest BCUT2D eigenvalue weighted by Gasteiger charge is 2.42. The van der Waals surface area contributed by atoms with Gasteiger partial charge >= 0.3 is 0 Å². The van der Waals surface area contributed by atoms with Gasteiger partial charge in [0.1, 0.15) is 6.61 Å². The molecule has 2 aliphatic rings. The van der Waals surface area contributed by atoms with Gasteiger partial charge in [-0.25, -0.2) is 0 Å². The zero-order valence-corrected chi connectivity index (χ0v) is 14.9. The lowest BCUT2D eigenvalue weighted by atomic mass is 9.93. The van der Waals surface area contributed by atoms with E-state index in [1.807, 2.05) is 35.2 Å². The van der Waals surface area contributed by atoms with Crippen LogP contribution in [0.3, 0.4) is 0 Å². The van der Waals surface area contributed by atoms with Gasteiger partial charge in [-0.05, 0) is 18.4 Å². The number of hydrogen-bond acceptors (Lipinski definition) is 4. The van der Waals surface area contributed by atoms with Gasteiger partial charge in [0, 0.05) is 13.1 Å². The molecule has 0 spiro atoms. The number of amides is 2. The van der Waals surface area contributed by atoms with Crippen molar-refractivity contribution < 1.29 is 19.1 Å². The first kappa shape index (κ1) is 17.9. The van der Waals surface area contributed by atoms with Crippen molar-refractivity contribution in [3.05, 3.63) is 35.9 Å². The molecule has 2 fully saturated rings. The maximum Gasteiger partial charge on any atom is 0.254 e. The lowest BCUT2D eigenvalue weighted by molar-refractivity contribution is -0.169. The van der Waals surface area contributed by atoms with Crippen molar-refractivity contribution in [2.45, 2.75) is 44.4 Å². The van der Waals surface area contributed by atoms with E-state index in [0.29, 0.717) is 19.7 Å². The number of hydrogen-bond donors (Lipinski definition) is 1. The summed E-state index contributed by atoms with van der Waals surface area (Å²) in [5.74, 6) is -0.278. The van der Waals surface area contributed by atoms with Crippen LogP contribution in [0.25, 0.3) is 0 Å². The SMILES string of the molecule is CCC1(CC)CN(C(=O)[C@H]2OCC(=O)N[C@@H]2c2ccccc2)CCO1. The van der Waals surface area contributed by atoms with Gasteiger partial charge in [0.15, 0.2) is 6.10 Å². The lowest BCUT2D eigenvalue weighted by Gasteiger charge is -2.44. The molecule has 25 heavy (non-hydrogen) atoms. The summed E-state index contributed by atoms with van der Waals surface area (Å²) in [7, 11) is 0. The summed E-state index contributed by atoms with van der Waals surface area (Å²) in [6.45, 7) is 5.73. The van der Waals surface area contributed by atoms with Gasteiger partial charge in [-0.1, -0.05) is 44.2 Å². The van der Waals surface area contributed by atoms with Gasteiger partial charge in [-0.15, -0.1) is 0 Å². The molecule has 2 saturated heterocycles. The van der Waals surface area contributed by atoms with E-state index in [4.69, 9.17) is 9.47 Å². The van der Waals surface area contributed by atoms with Crippen LogP contribution in [0.1, 0.15) is 38.3 Å². The fourth-order valence-corrected chi connectivity index (χ4v) is 3.58. The third kappa shape index (κ3) is 3.70. The van der Waals surface area contributed by atoms with E-state index < -0.39 is 12.1 Å². The van der Waals surface area contributed by atoms with E-state index in [0.717, 1.165) is 18.4 Å². The van der Waals surface area contributed by atoms with Gasteiger partial charge < -0.3 is 19.7 Å². The minimum Gasteiger partial charge on any atom is -0.371 e. The van der Waals surface area contributed by atoms with Crippen LogP contribution in [0.15, 0.2) is 30.3 Å². The van der Waals surface area contributed by atoms with E-state index in [9.17, 15) is 9.59 Å². The van der Waals surface area contributed by atoms with Crippen molar-refractivity contribution in [2.75, 3.05) is 26.3 Å². The number of ether oxygens (including phenoxy) is 2. The monoisotopic (exact) mass is 346 g/mol. The summed E-state index contributed by atoms with van der Waals surface area (Å²) < 4.78 is 11.6. The first-order valence-corrected chi connectivity index (χ1v) is 8.97. The molecule has 0 bridgehead atoms. The Morgan fingerprint density at radius 2 is 2.00 bits per heavy atom. The Balaban J connectivity index is 1.80. The highest BCUT2D eigenvalue weighted by molar-refractivity contribution is 5.86. The van der Waals surface area contributed by atoms with Crippen LogP contribution in [0.5, 0.6) is 0 Å². The molecule has 6 heteroatoms. The zero-order chi connectivity index (χ0) is 17.9. The van der Waals surface area contributed by atoms with Crippen molar-refractivity contribution in [1.82, 2.24) is 10.2 Å². The Morgan fingerprint density at radius 1 is 1.28 bits per heavy atom. The molecule has 2 atom stereocenters. The van der Waals surface area contributed by atoms with Gasteiger partial charge in [0.2, 0.25) is 5.91 Å². The molecule has 0 radical (unpaired) electrons. The van der Waals surface area contributed by atoms with E-state index in [2.05, 4.69) is 19.2 Å². The third-order valence-electron chi connectivity index (χ3n) is 5.26. The van der Waals surface area contributed by atoms with Crippen LogP contribution in [0.4, 0.5) is 0 Å². The Labute approximate surface area is 148 Å². The molecule has 0 unspecified atom stereocenters. The third-order valence-corrected chi connectivity index (χ3v) is 5.26. The summed E-state index contributed by atoms with van der Waals surface area (Å²) in [5, 5.41) is 2.91. The van der Waals surface area contributed by atoms with Gasteiger partial charge in [-0.3, -0.25) is 9.59 Å². The van der Waals surface area contributed by atoms with Crippen molar-refractivity contribution in [1.29, 1.82) is 0 Å². The second-order valence-corrected chi connectivity index (χ2v) is 6.69. The molecule has 2 aliphatic heterocycles. The average molecular weight is 346 g/mol. The molecule has 0 aliphatic carbocycles. The van der Waals surface area contributed by atoms with Crippen LogP contribution >= 0.6 is 0 Å². The van der Waals surface area contributed by atoms with E-state index in [-0.39, 0.29) is 24.0 Å². The highest BCUT2D eigenvalue weighted by Crippen LogP contribution is 2.29. The largest absolute Gasteiger partial charge is 0.371 e. The van der Waals surface area contributed by atoms with E-state index >= 15 is 0 Å². The Kier molecular flexibility index (Phi) is 5.39. The fraction of sp³-hybridized carbons (Fsp3) is 0.579. The molecule has 0 aromatic heterocycles. The number of nitrogens with zero attached hydrogens (tertiary/aromatic N) is 1. The molecule has 1 aromatic carbocycles. The Morgan fingerprint density at radius 3 is 2.68 bits per heavy atom. The van der Waals surface area contributed by atoms with Gasteiger partial charge in [0.25, 0.3) is 5.91 Å². The van der Waals surface area contributed by atoms with Crippen LogP contribution in [-0.2, 0) is 19.1 Å². The number of benzene rings is 1. The van der Waals surface area contributed by atoms with Crippen molar-refractivity contribution in [3.63, 3.8) is 0 Å². The predicted molar refractivity (Wildman–Crippen MR) is 92.9 cm³/mol. The standard InChI is InChI=1S/C19H26N2O4/c1-3-19(4-2)13-21(10-11-25-19)18(23)17-16(20-15(22)12-24-17)14-8-6-5-7-9-14/h5-9,16-17H,3-4,10-13H2,1-2H3,(H,20,22)/t16-,17+/m1/s1. The summed E-state index contributed by atoms with van der Waals surface area (Å²) in [5.41, 5.74) is 0.591. The second kappa shape index (κ2) is 7.54. The number of rotatable bonds is 4. The minimum absolute atomic E-state index is 0.0802. The number of carbonyl (C=O) groups is 2. The maximum atomic E-state index is 13.2. The summed E-state index contributed by atoms with van der Waals surface area (Å²) in [4.78, 5) is 26.8. The molecule has 1 aromatic rings. The smallest absolute Gasteiger partial charge is 0.254 e. The molecule has 1 N–H and O–H groups in total. The summed E-state index contributed by atoms with van der Waals surface area (Å²) in [6, 6.07) is 9.04.